The molecule has 0 aliphatic carbocycles. The summed E-state index contributed by atoms with van der Waals surface area (Å²) in [6, 6.07) is 10.1. The topological polar surface area (TPSA) is 139 Å². The van der Waals surface area contributed by atoms with E-state index >= 15 is 0 Å². The average Bonchev–Trinajstić information content (AvgIpc) is 3.17. The average molecular weight is 462 g/mol. The molecular weight excluding hydrogens is 440 g/mol. The standard InChI is InChI=1S/C20H22N4O7S/c1-31-18-10-9-16(24(27)28)12-17(18)23(32(2,29)30)13-19(25)21-14-5-7-15(8-6-14)22-11-3-4-20(22)26/h5-10,12H,3-4,11,13H2,1-2H3,(H,21,25). The minimum Gasteiger partial charge on any atom is -0.495 e. The van der Waals surface area contributed by atoms with Gasteiger partial charge in [-0.05, 0) is 36.8 Å². The van der Waals surface area contributed by atoms with Gasteiger partial charge in [0.05, 0.1) is 18.3 Å². The summed E-state index contributed by atoms with van der Waals surface area (Å²) < 4.78 is 30.6. The molecule has 2 amide bonds. The fraction of sp³-hybridized carbons (Fsp3) is 0.300. The van der Waals surface area contributed by atoms with E-state index in [9.17, 15) is 28.1 Å². The van der Waals surface area contributed by atoms with Crippen molar-refractivity contribution < 1.29 is 27.7 Å². The summed E-state index contributed by atoms with van der Waals surface area (Å²) in [5.74, 6) is -0.557. The summed E-state index contributed by atoms with van der Waals surface area (Å²) >= 11 is 0. The Kier molecular flexibility index (Phi) is 6.63. The summed E-state index contributed by atoms with van der Waals surface area (Å²) in [5.41, 5.74) is 0.651. The van der Waals surface area contributed by atoms with Gasteiger partial charge in [0.25, 0.3) is 5.69 Å². The van der Waals surface area contributed by atoms with Gasteiger partial charge in [0.15, 0.2) is 0 Å². The van der Waals surface area contributed by atoms with Crippen molar-refractivity contribution in [2.24, 2.45) is 0 Å². The third-order valence-corrected chi connectivity index (χ3v) is 5.99. The highest BCUT2D eigenvalue weighted by atomic mass is 32.2. The zero-order valence-electron chi connectivity index (χ0n) is 17.5. The van der Waals surface area contributed by atoms with Crippen LogP contribution in [0, 0.1) is 10.1 Å². The number of hydrogen-bond donors (Lipinski definition) is 1. The summed E-state index contributed by atoms with van der Waals surface area (Å²) in [6.45, 7) is 0.0155. The second kappa shape index (κ2) is 9.22. The summed E-state index contributed by atoms with van der Waals surface area (Å²) in [7, 11) is -2.69. The molecule has 0 unspecified atom stereocenters. The monoisotopic (exact) mass is 462 g/mol. The Balaban J connectivity index is 1.80. The molecule has 11 nitrogen and oxygen atoms in total. The molecule has 1 N–H and O–H groups in total. The number of sulfonamides is 1. The Hall–Kier alpha value is -3.67. The Morgan fingerprint density at radius 1 is 1.25 bits per heavy atom. The third kappa shape index (κ3) is 5.14. The number of hydrogen-bond acceptors (Lipinski definition) is 7. The lowest BCUT2D eigenvalue weighted by molar-refractivity contribution is -0.384. The van der Waals surface area contributed by atoms with Crippen molar-refractivity contribution in [3.05, 3.63) is 52.6 Å². The van der Waals surface area contributed by atoms with Crippen molar-refractivity contribution in [1.82, 2.24) is 0 Å². The van der Waals surface area contributed by atoms with Crippen molar-refractivity contribution in [3.63, 3.8) is 0 Å². The summed E-state index contributed by atoms with van der Waals surface area (Å²) in [6.07, 6.45) is 2.18. The van der Waals surface area contributed by atoms with Crippen molar-refractivity contribution >= 4 is 44.6 Å². The van der Waals surface area contributed by atoms with Crippen molar-refractivity contribution in [1.29, 1.82) is 0 Å². The molecule has 0 spiro atoms. The van der Waals surface area contributed by atoms with Gasteiger partial charge in [-0.25, -0.2) is 8.42 Å². The maximum atomic E-state index is 12.6. The van der Waals surface area contributed by atoms with Crippen LogP contribution >= 0.6 is 0 Å². The van der Waals surface area contributed by atoms with E-state index in [0.717, 1.165) is 23.0 Å². The van der Waals surface area contributed by atoms with Crippen LogP contribution in [0.4, 0.5) is 22.7 Å². The quantitative estimate of drug-likeness (QED) is 0.468. The SMILES string of the molecule is COc1ccc([N+](=O)[O-])cc1N(CC(=O)Nc1ccc(N2CCCC2=O)cc1)S(C)(=O)=O. The van der Waals surface area contributed by atoms with Crippen LogP contribution in [0.25, 0.3) is 0 Å². The highest BCUT2D eigenvalue weighted by molar-refractivity contribution is 7.92. The molecule has 2 aromatic rings. The highest BCUT2D eigenvalue weighted by Crippen LogP contribution is 2.33. The number of carbonyl (C=O) groups is 2. The maximum Gasteiger partial charge on any atom is 0.271 e. The molecule has 1 aliphatic rings. The second-order valence-corrected chi connectivity index (χ2v) is 9.03. The van der Waals surface area contributed by atoms with E-state index in [4.69, 9.17) is 4.74 Å². The number of benzene rings is 2. The van der Waals surface area contributed by atoms with Gasteiger partial charge in [0.2, 0.25) is 21.8 Å². The fourth-order valence-electron chi connectivity index (χ4n) is 3.34. The fourth-order valence-corrected chi connectivity index (χ4v) is 4.20. The zero-order valence-corrected chi connectivity index (χ0v) is 18.3. The van der Waals surface area contributed by atoms with Gasteiger partial charge >= 0.3 is 0 Å². The molecule has 3 rings (SSSR count). The molecule has 1 saturated heterocycles. The Morgan fingerprint density at radius 3 is 2.47 bits per heavy atom. The molecule has 1 heterocycles. The Bertz CT molecular complexity index is 1150. The van der Waals surface area contributed by atoms with Crippen LogP contribution in [0.5, 0.6) is 5.75 Å². The van der Waals surface area contributed by atoms with Crippen molar-refractivity contribution in [2.75, 3.05) is 41.0 Å². The van der Waals surface area contributed by atoms with Crippen molar-refractivity contribution in [3.8, 4) is 5.75 Å². The molecular formula is C20H22N4O7S. The van der Waals surface area contributed by atoms with Crippen LogP contribution < -0.4 is 19.3 Å². The van der Waals surface area contributed by atoms with E-state index in [1.807, 2.05) is 0 Å². The normalized spacial score (nSPS) is 13.7. The first kappa shape index (κ1) is 23.0. The van der Waals surface area contributed by atoms with Crippen LogP contribution in [0.2, 0.25) is 0 Å². The van der Waals surface area contributed by atoms with Gasteiger partial charge in [-0.3, -0.25) is 24.0 Å². The number of nitro groups is 1. The lowest BCUT2D eigenvalue weighted by atomic mass is 10.2. The van der Waals surface area contributed by atoms with Gasteiger partial charge < -0.3 is 15.0 Å². The number of nitro benzene ring substituents is 1. The van der Waals surface area contributed by atoms with E-state index < -0.39 is 27.4 Å². The first-order chi connectivity index (χ1) is 15.1. The molecule has 2 aromatic carbocycles. The van der Waals surface area contributed by atoms with Gasteiger partial charge in [0.1, 0.15) is 18.0 Å². The minimum absolute atomic E-state index is 0.0384. The molecule has 1 aliphatic heterocycles. The van der Waals surface area contributed by atoms with E-state index in [1.54, 1.807) is 29.2 Å². The van der Waals surface area contributed by atoms with Crippen LogP contribution in [0.15, 0.2) is 42.5 Å². The van der Waals surface area contributed by atoms with Crippen LogP contribution in [0.1, 0.15) is 12.8 Å². The van der Waals surface area contributed by atoms with Crippen LogP contribution in [-0.4, -0.2) is 51.6 Å². The van der Waals surface area contributed by atoms with E-state index in [1.165, 1.54) is 19.2 Å². The van der Waals surface area contributed by atoms with Gasteiger partial charge in [0, 0.05) is 36.5 Å². The third-order valence-electron chi connectivity index (χ3n) is 4.87. The molecule has 0 radical (unpaired) electrons. The van der Waals surface area contributed by atoms with Gasteiger partial charge in [-0.1, -0.05) is 0 Å². The number of non-ortho nitro benzene ring substituents is 1. The first-order valence-corrected chi connectivity index (χ1v) is 11.5. The number of nitrogens with one attached hydrogen (secondary N) is 1. The smallest absolute Gasteiger partial charge is 0.271 e. The first-order valence-electron chi connectivity index (χ1n) is 9.60. The van der Waals surface area contributed by atoms with Gasteiger partial charge in [-0.2, -0.15) is 0 Å². The lowest BCUT2D eigenvalue weighted by Gasteiger charge is -2.23. The molecule has 0 atom stereocenters. The molecule has 170 valence electrons. The number of methoxy groups -OCH3 is 1. The minimum atomic E-state index is -3.98. The molecule has 0 bridgehead atoms. The largest absolute Gasteiger partial charge is 0.495 e. The number of amides is 2. The molecule has 0 saturated carbocycles. The molecule has 32 heavy (non-hydrogen) atoms. The number of ether oxygens (including phenoxy) is 1. The number of carbonyl (C=O) groups excluding carboxylic acids is 2. The predicted molar refractivity (Wildman–Crippen MR) is 118 cm³/mol. The number of nitrogens with zero attached hydrogens (tertiary/aromatic N) is 3. The van der Waals surface area contributed by atoms with Gasteiger partial charge in [-0.15, -0.1) is 0 Å². The van der Waals surface area contributed by atoms with Crippen LogP contribution in [-0.2, 0) is 19.6 Å². The molecule has 0 aromatic heterocycles. The zero-order chi connectivity index (χ0) is 23.5. The van der Waals surface area contributed by atoms with E-state index in [0.29, 0.717) is 24.3 Å². The van der Waals surface area contributed by atoms with E-state index in [2.05, 4.69) is 5.32 Å². The second-order valence-electron chi connectivity index (χ2n) is 7.13. The molecule has 1 fully saturated rings. The highest BCUT2D eigenvalue weighted by Gasteiger charge is 2.26. The molecule has 12 heteroatoms. The lowest BCUT2D eigenvalue weighted by Crippen LogP contribution is -2.37. The summed E-state index contributed by atoms with van der Waals surface area (Å²) in [4.78, 5) is 36.6. The van der Waals surface area contributed by atoms with E-state index in [-0.39, 0.29) is 23.0 Å². The summed E-state index contributed by atoms with van der Waals surface area (Å²) in [5, 5.41) is 13.7. The number of anilines is 3. The Labute approximate surface area is 184 Å². The van der Waals surface area contributed by atoms with Crippen LogP contribution in [0.3, 0.4) is 0 Å². The number of rotatable bonds is 8. The Morgan fingerprint density at radius 2 is 1.94 bits per heavy atom. The van der Waals surface area contributed by atoms with Crippen molar-refractivity contribution in [2.45, 2.75) is 12.8 Å². The maximum absolute atomic E-state index is 12.6. The predicted octanol–water partition coefficient (Wildman–Crippen LogP) is 2.13.